The molecule has 0 saturated carbocycles. The predicted octanol–water partition coefficient (Wildman–Crippen LogP) is 3.70. The molecule has 4 heteroatoms. The zero-order valence-electron chi connectivity index (χ0n) is 12.9. The number of hydrogen-bond acceptors (Lipinski definition) is 3. The van der Waals surface area contributed by atoms with Gasteiger partial charge in [0.05, 0.1) is 12.4 Å². The van der Waals surface area contributed by atoms with Gasteiger partial charge in [-0.3, -0.25) is 4.18 Å². The molecule has 0 saturated heterocycles. The summed E-state index contributed by atoms with van der Waals surface area (Å²) in [5, 5.41) is -0.396. The Morgan fingerprint density at radius 2 is 1.17 bits per heavy atom. The molecule has 0 aliphatic carbocycles. The minimum atomic E-state index is -3.45. The molecule has 0 radical (unpaired) electrons. The number of rotatable bonds is 8. The van der Waals surface area contributed by atoms with Crippen LogP contribution < -0.4 is 0 Å². The molecule has 0 bridgehead atoms. The van der Waals surface area contributed by atoms with Gasteiger partial charge < -0.3 is 0 Å². The van der Waals surface area contributed by atoms with E-state index in [2.05, 4.69) is 27.7 Å². The highest BCUT2D eigenvalue weighted by Gasteiger charge is 2.36. The highest BCUT2D eigenvalue weighted by atomic mass is 32.2. The van der Waals surface area contributed by atoms with Crippen molar-refractivity contribution in [1.29, 1.82) is 0 Å². The van der Waals surface area contributed by atoms with Gasteiger partial charge in [0.15, 0.2) is 0 Å². The molecule has 0 heterocycles. The summed E-state index contributed by atoms with van der Waals surface area (Å²) in [7, 11) is -2.18. The predicted molar refractivity (Wildman–Crippen MR) is 77.0 cm³/mol. The van der Waals surface area contributed by atoms with E-state index in [9.17, 15) is 8.42 Å². The molecule has 0 spiro atoms. The van der Waals surface area contributed by atoms with Crippen molar-refractivity contribution in [2.24, 2.45) is 23.7 Å². The lowest BCUT2D eigenvalue weighted by atomic mass is 9.86. The molecule has 0 aromatic rings. The quantitative estimate of drug-likeness (QED) is 0.636. The van der Waals surface area contributed by atoms with Crippen molar-refractivity contribution < 1.29 is 12.6 Å². The van der Waals surface area contributed by atoms with Crippen LogP contribution in [0.15, 0.2) is 0 Å². The molecular weight excluding hydrogens is 248 g/mol. The Balaban J connectivity index is 5.06. The maximum Gasteiger partial charge on any atom is 0.270 e. The van der Waals surface area contributed by atoms with Crippen LogP contribution in [0.2, 0.25) is 0 Å². The maximum atomic E-state index is 12.1. The fraction of sp³-hybridized carbons (Fsp3) is 1.00. The van der Waals surface area contributed by atoms with Crippen molar-refractivity contribution in [2.75, 3.05) is 7.11 Å². The first kappa shape index (κ1) is 17.9. The Morgan fingerprint density at radius 1 is 0.833 bits per heavy atom. The van der Waals surface area contributed by atoms with E-state index in [-0.39, 0.29) is 11.8 Å². The Kier molecular flexibility index (Phi) is 7.45. The molecule has 0 aromatic carbocycles. The minimum absolute atomic E-state index is 0.128. The van der Waals surface area contributed by atoms with E-state index in [1.807, 2.05) is 13.8 Å². The average Bonchev–Trinajstić information content (AvgIpc) is 2.14. The van der Waals surface area contributed by atoms with Gasteiger partial charge in [-0.1, -0.05) is 41.5 Å². The Bertz CT molecular complexity index is 304. The summed E-state index contributed by atoms with van der Waals surface area (Å²) >= 11 is 0. The standard InChI is InChI=1S/C14H30O3S/c1-10(2)8-12(5)14(18(15,16)17-7)13(6)9-11(3)4/h10-14H,8-9H2,1-7H3. The minimum Gasteiger partial charge on any atom is -0.273 e. The summed E-state index contributed by atoms with van der Waals surface area (Å²) in [5.41, 5.74) is 0. The third kappa shape index (κ3) is 5.70. The summed E-state index contributed by atoms with van der Waals surface area (Å²) in [6.45, 7) is 12.6. The summed E-state index contributed by atoms with van der Waals surface area (Å²) in [4.78, 5) is 0. The molecule has 2 unspecified atom stereocenters. The van der Waals surface area contributed by atoms with Gasteiger partial charge in [0.25, 0.3) is 10.1 Å². The summed E-state index contributed by atoms with van der Waals surface area (Å²) in [5.74, 6) is 1.26. The van der Waals surface area contributed by atoms with Crippen LogP contribution in [-0.4, -0.2) is 20.8 Å². The van der Waals surface area contributed by atoms with E-state index in [1.165, 1.54) is 7.11 Å². The van der Waals surface area contributed by atoms with E-state index < -0.39 is 15.4 Å². The summed E-state index contributed by atoms with van der Waals surface area (Å²) in [6.07, 6.45) is 1.82. The molecule has 2 atom stereocenters. The molecule has 0 amide bonds. The van der Waals surface area contributed by atoms with Gasteiger partial charge in [-0.2, -0.15) is 8.42 Å². The molecule has 0 aromatic heterocycles. The van der Waals surface area contributed by atoms with Gasteiger partial charge in [0.1, 0.15) is 0 Å². The van der Waals surface area contributed by atoms with Crippen LogP contribution in [0, 0.1) is 23.7 Å². The van der Waals surface area contributed by atoms with Crippen LogP contribution >= 0.6 is 0 Å². The normalized spacial score (nSPS) is 18.1. The first-order chi connectivity index (χ1) is 8.11. The molecule has 0 aliphatic heterocycles. The lowest BCUT2D eigenvalue weighted by Crippen LogP contribution is -2.36. The zero-order valence-corrected chi connectivity index (χ0v) is 13.8. The topological polar surface area (TPSA) is 43.4 Å². The lowest BCUT2D eigenvalue weighted by molar-refractivity contribution is 0.291. The summed E-state index contributed by atoms with van der Waals surface area (Å²) in [6, 6.07) is 0. The van der Waals surface area contributed by atoms with Crippen molar-refractivity contribution in [3.8, 4) is 0 Å². The van der Waals surface area contributed by atoms with Gasteiger partial charge in [-0.05, 0) is 36.5 Å². The highest BCUT2D eigenvalue weighted by Crippen LogP contribution is 2.30. The second kappa shape index (κ2) is 7.49. The van der Waals surface area contributed by atoms with Crippen molar-refractivity contribution in [3.63, 3.8) is 0 Å². The van der Waals surface area contributed by atoms with Crippen molar-refractivity contribution in [2.45, 2.75) is 59.6 Å². The van der Waals surface area contributed by atoms with Crippen LogP contribution in [0.25, 0.3) is 0 Å². The molecule has 3 nitrogen and oxygen atoms in total. The van der Waals surface area contributed by atoms with Gasteiger partial charge in [0.2, 0.25) is 0 Å². The lowest BCUT2D eigenvalue weighted by Gasteiger charge is -2.30. The molecular formula is C14H30O3S. The van der Waals surface area contributed by atoms with Crippen LogP contribution in [0.5, 0.6) is 0 Å². The Labute approximate surface area is 113 Å². The van der Waals surface area contributed by atoms with Gasteiger partial charge in [-0.25, -0.2) is 0 Å². The molecule has 0 N–H and O–H groups in total. The molecule has 0 fully saturated rings. The Morgan fingerprint density at radius 3 is 1.39 bits per heavy atom. The SMILES string of the molecule is COS(=O)(=O)C(C(C)CC(C)C)C(C)CC(C)C. The third-order valence-electron chi connectivity index (χ3n) is 3.37. The second-order valence-corrected chi connectivity index (χ2v) is 8.20. The fourth-order valence-electron chi connectivity index (χ4n) is 3.00. The maximum absolute atomic E-state index is 12.1. The molecule has 0 aliphatic rings. The van der Waals surface area contributed by atoms with E-state index in [0.29, 0.717) is 11.8 Å². The first-order valence-electron chi connectivity index (χ1n) is 6.91. The van der Waals surface area contributed by atoms with Crippen LogP contribution in [-0.2, 0) is 14.3 Å². The van der Waals surface area contributed by atoms with Crippen LogP contribution in [0.4, 0.5) is 0 Å². The van der Waals surface area contributed by atoms with E-state index >= 15 is 0 Å². The van der Waals surface area contributed by atoms with E-state index in [1.54, 1.807) is 0 Å². The Hall–Kier alpha value is -0.0900. The monoisotopic (exact) mass is 278 g/mol. The number of hydrogen-bond donors (Lipinski definition) is 0. The third-order valence-corrected chi connectivity index (χ3v) is 5.43. The van der Waals surface area contributed by atoms with Crippen molar-refractivity contribution in [3.05, 3.63) is 0 Å². The molecule has 0 rings (SSSR count). The fourth-order valence-corrected chi connectivity index (χ4v) is 4.58. The largest absolute Gasteiger partial charge is 0.273 e. The molecule has 18 heavy (non-hydrogen) atoms. The summed E-state index contributed by atoms with van der Waals surface area (Å²) < 4.78 is 29.0. The second-order valence-electron chi connectivity index (χ2n) is 6.34. The van der Waals surface area contributed by atoms with Crippen LogP contribution in [0.3, 0.4) is 0 Å². The van der Waals surface area contributed by atoms with Gasteiger partial charge >= 0.3 is 0 Å². The molecule has 110 valence electrons. The van der Waals surface area contributed by atoms with E-state index in [4.69, 9.17) is 4.18 Å². The first-order valence-corrected chi connectivity index (χ1v) is 8.38. The van der Waals surface area contributed by atoms with Crippen molar-refractivity contribution in [1.82, 2.24) is 0 Å². The van der Waals surface area contributed by atoms with Gasteiger partial charge in [-0.15, -0.1) is 0 Å². The van der Waals surface area contributed by atoms with E-state index in [0.717, 1.165) is 12.8 Å². The van der Waals surface area contributed by atoms with Crippen molar-refractivity contribution >= 4 is 10.1 Å². The van der Waals surface area contributed by atoms with Gasteiger partial charge in [0, 0.05) is 0 Å². The zero-order chi connectivity index (χ0) is 14.5. The highest BCUT2D eigenvalue weighted by molar-refractivity contribution is 7.87. The average molecular weight is 278 g/mol. The smallest absolute Gasteiger partial charge is 0.270 e. The van der Waals surface area contributed by atoms with Crippen LogP contribution in [0.1, 0.15) is 54.4 Å².